The lowest BCUT2D eigenvalue weighted by molar-refractivity contribution is -0.148. The van der Waals surface area contributed by atoms with Gasteiger partial charge in [0, 0.05) is 28.5 Å². The number of halogens is 2. The molecule has 0 N–H and O–H groups in total. The van der Waals surface area contributed by atoms with E-state index in [-0.39, 0.29) is 23.4 Å². The first kappa shape index (κ1) is 40.3. The number of aromatic nitrogens is 4. The van der Waals surface area contributed by atoms with Gasteiger partial charge in [-0.25, -0.2) is 32.8 Å². The number of nitrogens with zero attached hydrogens (tertiary/aromatic N) is 5. The molecule has 0 aliphatic carbocycles. The van der Waals surface area contributed by atoms with Crippen molar-refractivity contribution in [2.24, 2.45) is 0 Å². The molecule has 0 spiro atoms. The first-order chi connectivity index (χ1) is 25.4. The van der Waals surface area contributed by atoms with Gasteiger partial charge in [0.2, 0.25) is 0 Å². The fourth-order valence-electron chi connectivity index (χ4n) is 5.43. The number of phosphoric ester groups is 1. The number of carbonyl (C=O) groups is 1. The van der Waals surface area contributed by atoms with Crippen LogP contribution in [0.3, 0.4) is 0 Å². The Balaban J connectivity index is 1.45. The monoisotopic (exact) mass is 779 g/mol. The van der Waals surface area contributed by atoms with Crippen molar-refractivity contribution >= 4 is 25.1 Å². The molecule has 2 atom stereocenters. The Kier molecular flexibility index (Phi) is 12.1. The molecule has 0 unspecified atom stereocenters. The van der Waals surface area contributed by atoms with Crippen LogP contribution in [0.1, 0.15) is 80.9 Å². The number of thiazole rings is 1. The molecule has 0 radical (unpaired) electrons. The molecule has 0 fully saturated rings. The minimum absolute atomic E-state index is 0.0176. The lowest BCUT2D eigenvalue weighted by Gasteiger charge is -2.38. The third kappa shape index (κ3) is 10.2. The number of hydrogen-bond acceptors (Lipinski definition) is 12. The quantitative estimate of drug-likeness (QED) is 0.0604. The summed E-state index contributed by atoms with van der Waals surface area (Å²) >= 11 is 1.29. The summed E-state index contributed by atoms with van der Waals surface area (Å²) in [6.45, 7) is 11.1. The summed E-state index contributed by atoms with van der Waals surface area (Å²) < 4.78 is 74.4. The van der Waals surface area contributed by atoms with Crippen LogP contribution in [0, 0.1) is 23.0 Å². The van der Waals surface area contributed by atoms with Crippen LogP contribution >= 0.6 is 19.2 Å². The van der Waals surface area contributed by atoms with Gasteiger partial charge in [-0.05, 0) is 77.9 Å². The van der Waals surface area contributed by atoms with Gasteiger partial charge in [-0.2, -0.15) is 10.4 Å². The van der Waals surface area contributed by atoms with Gasteiger partial charge in [0.15, 0.2) is 6.79 Å². The Morgan fingerprint density at radius 1 is 1.00 bits per heavy atom. The van der Waals surface area contributed by atoms with Gasteiger partial charge in [-0.1, -0.05) is 31.2 Å². The minimum Gasteiger partial charge on any atom is -0.435 e. The number of benzene rings is 3. The van der Waals surface area contributed by atoms with E-state index in [1.54, 1.807) is 72.7 Å². The summed E-state index contributed by atoms with van der Waals surface area (Å²) in [5, 5.41) is 15.8. The van der Waals surface area contributed by atoms with Crippen LogP contribution in [-0.2, 0) is 35.2 Å². The molecule has 0 saturated carbocycles. The summed E-state index contributed by atoms with van der Waals surface area (Å²) in [6.07, 6.45) is 2.72. The summed E-state index contributed by atoms with van der Waals surface area (Å²) in [5.74, 6) is -3.26. The van der Waals surface area contributed by atoms with Crippen molar-refractivity contribution in [1.82, 2.24) is 19.7 Å². The van der Waals surface area contributed by atoms with Crippen molar-refractivity contribution in [2.75, 3.05) is 6.79 Å². The number of ether oxygens (including phenoxy) is 2. The Morgan fingerprint density at radius 3 is 2.31 bits per heavy atom. The van der Waals surface area contributed by atoms with E-state index in [1.807, 2.05) is 5.38 Å². The van der Waals surface area contributed by atoms with Crippen LogP contribution in [0.2, 0.25) is 0 Å². The molecular formula is C38H40F2N5O7PS. The third-order valence-corrected chi connectivity index (χ3v) is 10.7. The van der Waals surface area contributed by atoms with E-state index in [2.05, 4.69) is 16.2 Å². The van der Waals surface area contributed by atoms with Gasteiger partial charge < -0.3 is 14.0 Å². The van der Waals surface area contributed by atoms with Crippen molar-refractivity contribution < 1.29 is 41.2 Å². The van der Waals surface area contributed by atoms with Crippen LogP contribution in [0.5, 0.6) is 5.75 Å². The van der Waals surface area contributed by atoms with Gasteiger partial charge >= 0.3 is 13.8 Å². The van der Waals surface area contributed by atoms with Crippen molar-refractivity contribution in [3.63, 3.8) is 0 Å². The smallest absolute Gasteiger partial charge is 0.435 e. The van der Waals surface area contributed by atoms with E-state index in [0.29, 0.717) is 16.3 Å². The van der Waals surface area contributed by atoms with E-state index >= 15 is 4.39 Å². The molecule has 12 nitrogen and oxygen atoms in total. The molecule has 0 aliphatic heterocycles. The standard InChI is InChI=1S/C38H40F2N5O7PS/c1-25(34-44-33(20-54-34)27-13-11-26(19-41)12-14-27)38(21-45-23-42-22-43-45,31-16-15-29(39)18-32(31)40)49-24-48-35(46)28-9-8-10-30(17-28)50-53(47,51-36(2,3)4)52-37(5,6)7/h8-18,20,22-23,25H,21,24H2,1-7H3/t25-,38+/m0/s1. The van der Waals surface area contributed by atoms with Crippen LogP contribution in [0.25, 0.3) is 11.3 Å². The zero-order valence-corrected chi connectivity index (χ0v) is 32.5. The third-order valence-electron chi connectivity index (χ3n) is 7.72. The van der Waals surface area contributed by atoms with Crippen LogP contribution in [0.4, 0.5) is 8.78 Å². The minimum atomic E-state index is -4.18. The van der Waals surface area contributed by atoms with Gasteiger partial charge in [0.1, 0.15) is 35.6 Å². The number of hydrogen-bond donors (Lipinski definition) is 0. The Hall–Kier alpha value is -4.84. The van der Waals surface area contributed by atoms with Crippen LogP contribution < -0.4 is 4.52 Å². The Morgan fingerprint density at radius 2 is 1.70 bits per heavy atom. The first-order valence-corrected chi connectivity index (χ1v) is 19.1. The largest absolute Gasteiger partial charge is 0.531 e. The summed E-state index contributed by atoms with van der Waals surface area (Å²) in [6, 6.07) is 17.9. The highest BCUT2D eigenvalue weighted by molar-refractivity contribution is 7.49. The van der Waals surface area contributed by atoms with Gasteiger partial charge in [0.05, 0.1) is 45.6 Å². The second-order valence-electron chi connectivity index (χ2n) is 14.3. The van der Waals surface area contributed by atoms with E-state index in [1.165, 1.54) is 59.0 Å². The Labute approximate surface area is 316 Å². The van der Waals surface area contributed by atoms with Crippen molar-refractivity contribution in [2.45, 2.75) is 77.7 Å². The zero-order valence-electron chi connectivity index (χ0n) is 30.8. The molecule has 284 valence electrons. The highest BCUT2D eigenvalue weighted by Crippen LogP contribution is 2.55. The van der Waals surface area contributed by atoms with E-state index in [0.717, 1.165) is 17.7 Å². The summed E-state index contributed by atoms with van der Waals surface area (Å²) in [7, 11) is -4.18. The second-order valence-corrected chi connectivity index (χ2v) is 16.6. The number of rotatable bonds is 14. The number of carbonyl (C=O) groups excluding carboxylic acids is 1. The number of phosphoric acid groups is 1. The SMILES string of the molecule is C[C@@H](c1nc(-c2ccc(C#N)cc2)cs1)[C@@](Cn1cncn1)(OCOC(=O)c1cccc(OP(=O)(OC(C)(C)C)OC(C)(C)C)c1)c1ccc(F)cc1F. The highest BCUT2D eigenvalue weighted by Gasteiger charge is 2.45. The highest BCUT2D eigenvalue weighted by atomic mass is 32.1. The molecule has 2 aromatic heterocycles. The van der Waals surface area contributed by atoms with Crippen molar-refractivity contribution in [3.8, 4) is 23.1 Å². The summed E-state index contributed by atoms with van der Waals surface area (Å²) in [4.78, 5) is 22.3. The normalized spacial score (nSPS) is 13.9. The molecule has 54 heavy (non-hydrogen) atoms. The Bertz CT molecular complexity index is 2140. The number of esters is 1. The van der Waals surface area contributed by atoms with Gasteiger partial charge in [-0.3, -0.25) is 9.05 Å². The molecular weight excluding hydrogens is 739 g/mol. The fraction of sp³-hybridized carbons (Fsp3) is 0.342. The van der Waals surface area contributed by atoms with Crippen LogP contribution in [-0.4, -0.2) is 43.7 Å². The molecule has 5 aromatic rings. The van der Waals surface area contributed by atoms with Gasteiger partial charge in [-0.15, -0.1) is 11.3 Å². The first-order valence-electron chi connectivity index (χ1n) is 16.7. The average molecular weight is 780 g/mol. The maximum Gasteiger partial charge on any atom is 0.531 e. The van der Waals surface area contributed by atoms with Crippen molar-refractivity contribution in [3.05, 3.63) is 118 Å². The maximum absolute atomic E-state index is 15.9. The molecule has 2 heterocycles. The fourth-order valence-corrected chi connectivity index (χ4v) is 8.22. The topological polar surface area (TPSA) is 148 Å². The summed E-state index contributed by atoms with van der Waals surface area (Å²) in [5.41, 5.74) is -1.63. The number of nitriles is 1. The lowest BCUT2D eigenvalue weighted by Crippen LogP contribution is -2.42. The van der Waals surface area contributed by atoms with E-state index in [9.17, 15) is 19.0 Å². The maximum atomic E-state index is 15.9. The molecule has 0 amide bonds. The molecule has 0 aliphatic rings. The average Bonchev–Trinajstić information content (AvgIpc) is 3.79. The molecule has 0 bridgehead atoms. The molecule has 3 aromatic carbocycles. The lowest BCUT2D eigenvalue weighted by atomic mass is 9.81. The predicted octanol–water partition coefficient (Wildman–Crippen LogP) is 9.20. The van der Waals surface area contributed by atoms with E-state index < -0.39 is 54.9 Å². The molecule has 5 rings (SSSR count). The molecule has 0 saturated heterocycles. The second kappa shape index (κ2) is 16.3. The zero-order chi connectivity index (χ0) is 39.3. The van der Waals surface area contributed by atoms with Crippen LogP contribution in [0.15, 0.2) is 84.8 Å². The van der Waals surface area contributed by atoms with Gasteiger partial charge in [0.25, 0.3) is 0 Å². The molecule has 16 heteroatoms. The van der Waals surface area contributed by atoms with E-state index in [4.69, 9.17) is 28.0 Å². The predicted molar refractivity (Wildman–Crippen MR) is 196 cm³/mol. The van der Waals surface area contributed by atoms with Crippen molar-refractivity contribution in [1.29, 1.82) is 5.26 Å².